The molecule has 1 N–H and O–H groups in total. The Labute approximate surface area is 113 Å². The van der Waals surface area contributed by atoms with Gasteiger partial charge in [0.05, 0.1) is 16.1 Å². The predicted octanol–water partition coefficient (Wildman–Crippen LogP) is 4.63. The highest BCUT2D eigenvalue weighted by Gasteiger charge is 2.12. The van der Waals surface area contributed by atoms with Gasteiger partial charge in [-0.2, -0.15) is 0 Å². The van der Waals surface area contributed by atoms with E-state index >= 15 is 0 Å². The summed E-state index contributed by atoms with van der Waals surface area (Å²) < 4.78 is 5.54. The van der Waals surface area contributed by atoms with Crippen LogP contribution in [0.1, 0.15) is 0 Å². The SMILES string of the molecule is Clc1cccc2[nH]c(-c3coc4ccccc34)nc12. The molecule has 4 rings (SSSR count). The summed E-state index contributed by atoms with van der Waals surface area (Å²) in [5.41, 5.74) is 3.50. The van der Waals surface area contributed by atoms with E-state index < -0.39 is 0 Å². The van der Waals surface area contributed by atoms with Crippen LogP contribution in [0.5, 0.6) is 0 Å². The molecule has 0 atom stereocenters. The molecule has 3 nitrogen and oxygen atoms in total. The lowest BCUT2D eigenvalue weighted by Crippen LogP contribution is -1.77. The van der Waals surface area contributed by atoms with Crippen molar-refractivity contribution in [3.05, 3.63) is 53.8 Å². The van der Waals surface area contributed by atoms with Crippen molar-refractivity contribution < 1.29 is 4.42 Å². The highest BCUT2D eigenvalue weighted by atomic mass is 35.5. The monoisotopic (exact) mass is 268 g/mol. The second kappa shape index (κ2) is 3.87. The maximum absolute atomic E-state index is 6.14. The molecule has 2 heterocycles. The molecule has 0 bridgehead atoms. The largest absolute Gasteiger partial charge is 0.464 e. The van der Waals surface area contributed by atoms with Crippen LogP contribution < -0.4 is 0 Å². The van der Waals surface area contributed by atoms with Crippen molar-refractivity contribution in [1.82, 2.24) is 9.97 Å². The van der Waals surface area contributed by atoms with Crippen molar-refractivity contribution in [3.63, 3.8) is 0 Å². The number of hydrogen-bond acceptors (Lipinski definition) is 2. The second-order valence-electron chi connectivity index (χ2n) is 4.37. The van der Waals surface area contributed by atoms with Crippen LogP contribution in [0.3, 0.4) is 0 Å². The lowest BCUT2D eigenvalue weighted by molar-refractivity contribution is 0.616. The molecule has 0 amide bonds. The summed E-state index contributed by atoms with van der Waals surface area (Å²) in [5.74, 6) is 0.771. The number of aromatic nitrogens is 2. The number of furan rings is 1. The van der Waals surface area contributed by atoms with Gasteiger partial charge in [0, 0.05) is 5.39 Å². The number of para-hydroxylation sites is 2. The second-order valence-corrected chi connectivity index (χ2v) is 4.77. The number of benzene rings is 2. The van der Waals surface area contributed by atoms with Crippen LogP contribution in [0, 0.1) is 0 Å². The zero-order chi connectivity index (χ0) is 12.8. The minimum absolute atomic E-state index is 0.646. The first-order chi connectivity index (χ1) is 9.33. The molecule has 0 unspecified atom stereocenters. The molecule has 0 aliphatic heterocycles. The predicted molar refractivity (Wildman–Crippen MR) is 76.3 cm³/mol. The normalized spacial score (nSPS) is 11.4. The molecule has 0 aliphatic rings. The van der Waals surface area contributed by atoms with Gasteiger partial charge in [0.15, 0.2) is 0 Å². The van der Waals surface area contributed by atoms with E-state index in [4.69, 9.17) is 16.0 Å². The van der Waals surface area contributed by atoms with Crippen LogP contribution >= 0.6 is 11.6 Å². The Balaban J connectivity index is 2.02. The minimum Gasteiger partial charge on any atom is -0.464 e. The van der Waals surface area contributed by atoms with Crippen molar-refractivity contribution in [3.8, 4) is 11.4 Å². The van der Waals surface area contributed by atoms with Gasteiger partial charge < -0.3 is 9.40 Å². The van der Waals surface area contributed by atoms with Gasteiger partial charge in [-0.1, -0.05) is 35.9 Å². The first-order valence-electron chi connectivity index (χ1n) is 5.94. The molecule has 0 fully saturated rings. The molecule has 92 valence electrons. The van der Waals surface area contributed by atoms with E-state index in [-0.39, 0.29) is 0 Å². The molecule has 0 saturated heterocycles. The van der Waals surface area contributed by atoms with Gasteiger partial charge in [-0.25, -0.2) is 4.98 Å². The molecular weight excluding hydrogens is 260 g/mol. The van der Waals surface area contributed by atoms with Crippen molar-refractivity contribution >= 4 is 33.6 Å². The Bertz CT molecular complexity index is 891. The molecular formula is C15H9ClN2O. The van der Waals surface area contributed by atoms with Gasteiger partial charge >= 0.3 is 0 Å². The topological polar surface area (TPSA) is 41.8 Å². The van der Waals surface area contributed by atoms with Gasteiger partial charge in [0.2, 0.25) is 0 Å². The van der Waals surface area contributed by atoms with Gasteiger partial charge in [-0.05, 0) is 18.2 Å². The molecule has 2 aromatic heterocycles. The van der Waals surface area contributed by atoms with E-state index in [0.29, 0.717) is 5.02 Å². The zero-order valence-electron chi connectivity index (χ0n) is 9.85. The molecule has 0 aliphatic carbocycles. The van der Waals surface area contributed by atoms with Gasteiger partial charge in [-0.15, -0.1) is 0 Å². The van der Waals surface area contributed by atoms with Crippen LogP contribution in [0.4, 0.5) is 0 Å². The fraction of sp³-hybridized carbons (Fsp3) is 0. The number of H-pyrrole nitrogens is 1. The number of imidazole rings is 1. The third kappa shape index (κ3) is 1.55. The maximum Gasteiger partial charge on any atom is 0.142 e. The smallest absolute Gasteiger partial charge is 0.142 e. The number of halogens is 1. The standard InChI is InChI=1S/C15H9ClN2O/c16-11-5-3-6-12-14(11)18-15(17-12)10-8-19-13-7-2-1-4-9(10)13/h1-8H,(H,17,18). The molecule has 0 saturated carbocycles. The van der Waals surface area contributed by atoms with E-state index in [0.717, 1.165) is 33.4 Å². The minimum atomic E-state index is 0.646. The number of hydrogen-bond donors (Lipinski definition) is 1. The van der Waals surface area contributed by atoms with Gasteiger partial charge in [-0.3, -0.25) is 0 Å². The first kappa shape index (κ1) is 10.6. The summed E-state index contributed by atoms with van der Waals surface area (Å²) in [4.78, 5) is 7.83. The van der Waals surface area contributed by atoms with E-state index in [2.05, 4.69) is 9.97 Å². The van der Waals surface area contributed by atoms with E-state index in [1.54, 1.807) is 6.26 Å². The first-order valence-corrected chi connectivity index (χ1v) is 6.31. The molecule has 0 spiro atoms. The number of fused-ring (bicyclic) bond motifs is 2. The lowest BCUT2D eigenvalue weighted by Gasteiger charge is -1.91. The zero-order valence-corrected chi connectivity index (χ0v) is 10.6. The third-order valence-corrected chi connectivity index (χ3v) is 3.50. The summed E-state index contributed by atoms with van der Waals surface area (Å²) in [6.07, 6.45) is 1.72. The highest BCUT2D eigenvalue weighted by molar-refractivity contribution is 6.35. The Hall–Kier alpha value is -2.26. The molecule has 4 heteroatoms. The van der Waals surface area contributed by atoms with Crippen LogP contribution in [0.15, 0.2) is 53.1 Å². The summed E-state index contributed by atoms with van der Waals surface area (Å²) in [7, 11) is 0. The van der Waals surface area contributed by atoms with Crippen molar-refractivity contribution in [1.29, 1.82) is 0 Å². The highest BCUT2D eigenvalue weighted by Crippen LogP contribution is 2.31. The van der Waals surface area contributed by atoms with Crippen molar-refractivity contribution in [2.24, 2.45) is 0 Å². The fourth-order valence-corrected chi connectivity index (χ4v) is 2.50. The van der Waals surface area contributed by atoms with Crippen molar-refractivity contribution in [2.45, 2.75) is 0 Å². The molecule has 2 aromatic carbocycles. The number of nitrogens with one attached hydrogen (secondary N) is 1. The Morgan fingerprint density at radius 3 is 2.84 bits per heavy atom. The number of nitrogens with zero attached hydrogens (tertiary/aromatic N) is 1. The average molecular weight is 269 g/mol. The molecule has 0 radical (unpaired) electrons. The fourth-order valence-electron chi connectivity index (χ4n) is 2.29. The average Bonchev–Trinajstić information content (AvgIpc) is 3.02. The summed E-state index contributed by atoms with van der Waals surface area (Å²) in [6.45, 7) is 0. The molecule has 4 aromatic rings. The number of aromatic amines is 1. The van der Waals surface area contributed by atoms with E-state index in [9.17, 15) is 0 Å². The van der Waals surface area contributed by atoms with E-state index in [1.165, 1.54) is 0 Å². The maximum atomic E-state index is 6.14. The summed E-state index contributed by atoms with van der Waals surface area (Å²) in [5, 5.41) is 1.69. The Morgan fingerprint density at radius 2 is 1.95 bits per heavy atom. The van der Waals surface area contributed by atoms with Crippen molar-refractivity contribution in [2.75, 3.05) is 0 Å². The van der Waals surface area contributed by atoms with Gasteiger partial charge in [0.1, 0.15) is 23.2 Å². The third-order valence-electron chi connectivity index (χ3n) is 3.20. The van der Waals surface area contributed by atoms with Gasteiger partial charge in [0.25, 0.3) is 0 Å². The van der Waals surface area contributed by atoms with Crippen LogP contribution in [0.2, 0.25) is 5.02 Å². The van der Waals surface area contributed by atoms with E-state index in [1.807, 2.05) is 42.5 Å². The lowest BCUT2D eigenvalue weighted by atomic mass is 10.2. The molecule has 19 heavy (non-hydrogen) atoms. The van der Waals surface area contributed by atoms with Crippen LogP contribution in [-0.2, 0) is 0 Å². The summed E-state index contributed by atoms with van der Waals surface area (Å²) >= 11 is 6.14. The summed E-state index contributed by atoms with van der Waals surface area (Å²) in [6, 6.07) is 13.6. The number of rotatable bonds is 1. The Kier molecular flexibility index (Phi) is 2.17. The van der Waals surface area contributed by atoms with Crippen LogP contribution in [-0.4, -0.2) is 9.97 Å². The van der Waals surface area contributed by atoms with Crippen LogP contribution in [0.25, 0.3) is 33.4 Å². The Morgan fingerprint density at radius 1 is 1.05 bits per heavy atom. The quantitative estimate of drug-likeness (QED) is 0.547.